The maximum absolute atomic E-state index is 10.3. The molecular weight excluding hydrogens is 320 g/mol. The molecular formula is C19H26N2O2S. The number of fused-ring (bicyclic) bond motifs is 1. The van der Waals surface area contributed by atoms with Crippen LogP contribution in [0.25, 0.3) is 0 Å². The largest absolute Gasteiger partial charge is 0.389 e. The van der Waals surface area contributed by atoms with Gasteiger partial charge in [0.05, 0.1) is 24.4 Å². The molecule has 3 rings (SSSR count). The van der Waals surface area contributed by atoms with E-state index in [9.17, 15) is 5.11 Å². The molecule has 2 N–H and O–H groups in total. The molecule has 1 aromatic carbocycles. The maximum atomic E-state index is 10.3. The molecule has 0 spiro atoms. The highest BCUT2D eigenvalue weighted by atomic mass is 32.1. The van der Waals surface area contributed by atoms with Crippen LogP contribution in [0.2, 0.25) is 0 Å². The van der Waals surface area contributed by atoms with E-state index in [-0.39, 0.29) is 11.6 Å². The zero-order valence-electron chi connectivity index (χ0n) is 14.4. The van der Waals surface area contributed by atoms with Gasteiger partial charge in [-0.1, -0.05) is 24.3 Å². The summed E-state index contributed by atoms with van der Waals surface area (Å²) in [6.45, 7) is 4.99. The molecule has 1 heterocycles. The summed E-state index contributed by atoms with van der Waals surface area (Å²) in [6.07, 6.45) is 4.69. The molecule has 2 atom stereocenters. The van der Waals surface area contributed by atoms with Crippen molar-refractivity contribution in [3.63, 3.8) is 0 Å². The molecule has 0 amide bonds. The fraction of sp³-hybridized carbons (Fsp3) is 0.526. The minimum absolute atomic E-state index is 0.108. The highest BCUT2D eigenvalue weighted by molar-refractivity contribution is 7.09. The summed E-state index contributed by atoms with van der Waals surface area (Å²) >= 11 is 1.62. The van der Waals surface area contributed by atoms with Gasteiger partial charge in [0.2, 0.25) is 0 Å². The highest BCUT2D eigenvalue weighted by Crippen LogP contribution is 2.32. The monoisotopic (exact) mass is 346 g/mol. The Hall–Kier alpha value is -1.27. The summed E-state index contributed by atoms with van der Waals surface area (Å²) < 4.78 is 6.02. The van der Waals surface area contributed by atoms with Crippen molar-refractivity contribution in [1.82, 2.24) is 10.3 Å². The van der Waals surface area contributed by atoms with Crippen molar-refractivity contribution in [2.24, 2.45) is 0 Å². The van der Waals surface area contributed by atoms with Gasteiger partial charge in [-0.3, -0.25) is 0 Å². The summed E-state index contributed by atoms with van der Waals surface area (Å²) in [4.78, 5) is 4.35. The smallest absolute Gasteiger partial charge is 0.112 e. The summed E-state index contributed by atoms with van der Waals surface area (Å²) in [7, 11) is 0. The van der Waals surface area contributed by atoms with Crippen molar-refractivity contribution in [3.05, 3.63) is 52.0 Å². The predicted octanol–water partition coefficient (Wildman–Crippen LogP) is 3.42. The quantitative estimate of drug-likeness (QED) is 0.806. The fourth-order valence-corrected chi connectivity index (χ4v) is 3.89. The van der Waals surface area contributed by atoms with Crippen LogP contribution in [-0.4, -0.2) is 29.3 Å². The lowest BCUT2D eigenvalue weighted by Crippen LogP contribution is -2.42. The first-order valence-corrected chi connectivity index (χ1v) is 9.47. The molecule has 0 fully saturated rings. The molecule has 0 unspecified atom stereocenters. The second-order valence-electron chi connectivity index (χ2n) is 6.91. The molecule has 0 saturated carbocycles. The lowest BCUT2D eigenvalue weighted by atomic mass is 9.89. The number of aromatic nitrogens is 1. The first-order chi connectivity index (χ1) is 11.6. The Kier molecular flexibility index (Phi) is 5.66. The van der Waals surface area contributed by atoms with Crippen molar-refractivity contribution in [2.45, 2.75) is 50.9 Å². The van der Waals surface area contributed by atoms with Gasteiger partial charge in [-0.25, -0.2) is 4.98 Å². The van der Waals surface area contributed by atoms with E-state index < -0.39 is 6.10 Å². The Balaban J connectivity index is 1.49. The number of ether oxygens (including phenoxy) is 1. The van der Waals surface area contributed by atoms with Crippen molar-refractivity contribution < 1.29 is 9.84 Å². The van der Waals surface area contributed by atoms with Crippen molar-refractivity contribution >= 4 is 11.3 Å². The predicted molar refractivity (Wildman–Crippen MR) is 97.2 cm³/mol. The van der Waals surface area contributed by atoms with Crippen LogP contribution in [0.4, 0.5) is 0 Å². The number of benzene rings is 1. The number of hydrogen-bond acceptors (Lipinski definition) is 5. The van der Waals surface area contributed by atoms with Gasteiger partial charge in [0.1, 0.15) is 5.01 Å². The number of aliphatic hydroxyl groups is 1. The average molecular weight is 346 g/mol. The van der Waals surface area contributed by atoms with Gasteiger partial charge in [-0.15, -0.1) is 11.3 Å². The van der Waals surface area contributed by atoms with Crippen molar-refractivity contribution in [1.29, 1.82) is 0 Å². The lowest BCUT2D eigenvalue weighted by Gasteiger charge is -2.28. The number of hydrogen-bond donors (Lipinski definition) is 2. The molecule has 5 heteroatoms. The van der Waals surface area contributed by atoms with Gasteiger partial charge in [0.25, 0.3) is 0 Å². The topological polar surface area (TPSA) is 54.4 Å². The molecule has 24 heavy (non-hydrogen) atoms. The van der Waals surface area contributed by atoms with Gasteiger partial charge in [0.15, 0.2) is 0 Å². The van der Waals surface area contributed by atoms with Crippen LogP contribution in [0, 0.1) is 0 Å². The Morgan fingerprint density at radius 2 is 2.25 bits per heavy atom. The van der Waals surface area contributed by atoms with Gasteiger partial charge >= 0.3 is 0 Å². The molecule has 4 nitrogen and oxygen atoms in total. The molecule has 1 aliphatic carbocycles. The summed E-state index contributed by atoms with van der Waals surface area (Å²) in [5, 5.41) is 16.7. The number of thiazole rings is 1. The molecule has 0 aliphatic heterocycles. The van der Waals surface area contributed by atoms with E-state index >= 15 is 0 Å². The molecule has 2 aromatic rings. The first-order valence-electron chi connectivity index (χ1n) is 8.59. The summed E-state index contributed by atoms with van der Waals surface area (Å²) in [6, 6.07) is 8.48. The van der Waals surface area contributed by atoms with E-state index in [0.29, 0.717) is 13.2 Å². The van der Waals surface area contributed by atoms with Crippen LogP contribution in [0.5, 0.6) is 0 Å². The SMILES string of the molecule is CC(C)(NC[C@@H](O)CO[C@H]1CCCc2ccccc21)c1nccs1. The van der Waals surface area contributed by atoms with E-state index in [0.717, 1.165) is 24.3 Å². The Morgan fingerprint density at radius 3 is 3.04 bits per heavy atom. The molecule has 0 saturated heterocycles. The standard InChI is InChI=1S/C19H26N2O2S/c1-19(2,18-20-10-11-24-18)21-12-15(22)13-23-17-9-5-7-14-6-3-4-8-16(14)17/h3-4,6,8,10-11,15,17,21-22H,5,7,9,12-13H2,1-2H3/t15-,17+/m1/s1. The zero-order chi connectivity index (χ0) is 17.0. The van der Waals surface area contributed by atoms with Gasteiger partial charge in [-0.2, -0.15) is 0 Å². The average Bonchev–Trinajstić information content (AvgIpc) is 3.14. The van der Waals surface area contributed by atoms with Gasteiger partial charge < -0.3 is 15.2 Å². The molecule has 1 aliphatic rings. The Bertz CT molecular complexity index is 643. The number of nitrogens with one attached hydrogen (secondary N) is 1. The van der Waals surface area contributed by atoms with Crippen molar-refractivity contribution in [2.75, 3.05) is 13.2 Å². The lowest BCUT2D eigenvalue weighted by molar-refractivity contribution is -0.0185. The number of aryl methyl sites for hydroxylation is 1. The van der Waals surface area contributed by atoms with Crippen LogP contribution in [0.15, 0.2) is 35.8 Å². The van der Waals surface area contributed by atoms with Crippen LogP contribution < -0.4 is 5.32 Å². The van der Waals surface area contributed by atoms with Crippen LogP contribution in [0.1, 0.15) is 48.9 Å². The van der Waals surface area contributed by atoms with E-state index in [4.69, 9.17) is 4.74 Å². The van der Waals surface area contributed by atoms with Gasteiger partial charge in [-0.05, 0) is 44.2 Å². The third-order valence-electron chi connectivity index (χ3n) is 4.55. The minimum atomic E-state index is -0.529. The third kappa shape index (κ3) is 4.22. The van der Waals surface area contributed by atoms with E-state index in [1.165, 1.54) is 11.1 Å². The summed E-state index contributed by atoms with van der Waals surface area (Å²) in [5.41, 5.74) is 2.42. The second-order valence-corrected chi connectivity index (χ2v) is 7.80. The van der Waals surface area contributed by atoms with Crippen LogP contribution in [0.3, 0.4) is 0 Å². The minimum Gasteiger partial charge on any atom is -0.389 e. The molecule has 0 bridgehead atoms. The Labute approximate surface area is 147 Å². The Morgan fingerprint density at radius 1 is 1.42 bits per heavy atom. The highest BCUT2D eigenvalue weighted by Gasteiger charge is 2.25. The summed E-state index contributed by atoms with van der Waals surface area (Å²) in [5.74, 6) is 0. The normalized spacial score (nSPS) is 19.0. The third-order valence-corrected chi connectivity index (χ3v) is 5.65. The first kappa shape index (κ1) is 17.5. The van der Waals surface area contributed by atoms with E-state index in [1.807, 2.05) is 11.6 Å². The van der Waals surface area contributed by atoms with E-state index in [2.05, 4.69) is 48.4 Å². The van der Waals surface area contributed by atoms with Gasteiger partial charge in [0, 0.05) is 18.1 Å². The number of rotatable bonds is 7. The molecule has 130 valence electrons. The molecule has 0 radical (unpaired) electrons. The number of aliphatic hydroxyl groups excluding tert-OH is 1. The zero-order valence-corrected chi connectivity index (χ0v) is 15.2. The second kappa shape index (κ2) is 7.74. The molecule has 1 aromatic heterocycles. The van der Waals surface area contributed by atoms with E-state index in [1.54, 1.807) is 11.3 Å². The number of nitrogens with zero attached hydrogens (tertiary/aromatic N) is 1. The van der Waals surface area contributed by atoms with Crippen molar-refractivity contribution in [3.8, 4) is 0 Å². The maximum Gasteiger partial charge on any atom is 0.112 e. The van der Waals surface area contributed by atoms with Crippen LogP contribution in [-0.2, 0) is 16.7 Å². The van der Waals surface area contributed by atoms with Crippen LogP contribution >= 0.6 is 11.3 Å². The fourth-order valence-electron chi connectivity index (χ4n) is 3.15.